The molecule has 1 amide bonds. The van der Waals surface area contributed by atoms with Crippen molar-refractivity contribution >= 4 is 15.9 Å². The smallest absolute Gasteiger partial charge is 0.270 e. The molecule has 140 valence electrons. The van der Waals surface area contributed by atoms with Crippen molar-refractivity contribution in [3.8, 4) is 0 Å². The fourth-order valence-electron chi connectivity index (χ4n) is 3.20. The van der Waals surface area contributed by atoms with E-state index in [4.69, 9.17) is 0 Å². The van der Waals surface area contributed by atoms with Crippen LogP contribution in [0.2, 0.25) is 0 Å². The Morgan fingerprint density at radius 3 is 2.62 bits per heavy atom. The highest BCUT2D eigenvalue weighted by molar-refractivity contribution is 7.88. The van der Waals surface area contributed by atoms with Crippen LogP contribution in [0.15, 0.2) is 48.7 Å². The molecule has 1 aliphatic heterocycles. The number of sulfonamides is 1. The zero-order chi connectivity index (χ0) is 18.7. The normalized spacial score (nSPS) is 20.5. The van der Waals surface area contributed by atoms with E-state index < -0.39 is 22.2 Å². The molecule has 1 aromatic heterocycles. The van der Waals surface area contributed by atoms with Crippen molar-refractivity contribution < 1.29 is 17.6 Å². The van der Waals surface area contributed by atoms with Crippen molar-refractivity contribution in [2.45, 2.75) is 24.4 Å². The SMILES string of the molecule is Cn1cccc1C(=O)N1CC(F)CC1CNS(=O)(=O)Cc1ccccc1. The Kier molecular flexibility index (Phi) is 5.43. The van der Waals surface area contributed by atoms with Gasteiger partial charge in [0.15, 0.2) is 0 Å². The number of nitrogens with one attached hydrogen (secondary N) is 1. The third kappa shape index (κ3) is 4.31. The minimum absolute atomic E-state index is 0.00570. The van der Waals surface area contributed by atoms with E-state index in [1.165, 1.54) is 4.90 Å². The third-order valence-corrected chi connectivity index (χ3v) is 5.85. The van der Waals surface area contributed by atoms with E-state index in [2.05, 4.69) is 4.72 Å². The molecule has 1 saturated heterocycles. The van der Waals surface area contributed by atoms with Gasteiger partial charge in [-0.15, -0.1) is 0 Å². The third-order valence-electron chi connectivity index (χ3n) is 4.53. The van der Waals surface area contributed by atoms with Crippen molar-refractivity contribution in [1.29, 1.82) is 0 Å². The van der Waals surface area contributed by atoms with Crippen LogP contribution in [0, 0.1) is 0 Å². The number of alkyl halides is 1. The molecule has 0 radical (unpaired) electrons. The number of nitrogens with zero attached hydrogens (tertiary/aromatic N) is 2. The molecule has 2 heterocycles. The highest BCUT2D eigenvalue weighted by Gasteiger charge is 2.36. The van der Waals surface area contributed by atoms with E-state index in [1.54, 1.807) is 54.2 Å². The highest BCUT2D eigenvalue weighted by atomic mass is 32.2. The van der Waals surface area contributed by atoms with Gasteiger partial charge < -0.3 is 9.47 Å². The maximum absolute atomic E-state index is 13.9. The van der Waals surface area contributed by atoms with Crippen molar-refractivity contribution in [2.75, 3.05) is 13.1 Å². The molecule has 2 unspecified atom stereocenters. The first-order chi connectivity index (χ1) is 12.4. The number of amides is 1. The number of likely N-dealkylation sites (tertiary alicyclic amines) is 1. The molecule has 3 rings (SSSR count). The van der Waals surface area contributed by atoms with Gasteiger partial charge in [0.25, 0.3) is 5.91 Å². The van der Waals surface area contributed by atoms with E-state index in [0.717, 1.165) is 0 Å². The maximum atomic E-state index is 13.9. The number of rotatable bonds is 6. The van der Waals surface area contributed by atoms with E-state index in [0.29, 0.717) is 11.3 Å². The van der Waals surface area contributed by atoms with Crippen LogP contribution in [0.3, 0.4) is 0 Å². The summed E-state index contributed by atoms with van der Waals surface area (Å²) in [4.78, 5) is 14.1. The van der Waals surface area contributed by atoms with Gasteiger partial charge in [0.2, 0.25) is 10.0 Å². The lowest BCUT2D eigenvalue weighted by atomic mass is 10.2. The fourth-order valence-corrected chi connectivity index (χ4v) is 4.38. The van der Waals surface area contributed by atoms with E-state index in [1.807, 2.05) is 6.07 Å². The van der Waals surface area contributed by atoms with Crippen LogP contribution < -0.4 is 4.72 Å². The lowest BCUT2D eigenvalue weighted by molar-refractivity contribution is 0.0722. The summed E-state index contributed by atoms with van der Waals surface area (Å²) in [5, 5.41) is 0. The number of benzene rings is 1. The van der Waals surface area contributed by atoms with Crippen LogP contribution in [0.25, 0.3) is 0 Å². The van der Waals surface area contributed by atoms with Gasteiger partial charge in [-0.2, -0.15) is 0 Å². The Balaban J connectivity index is 1.66. The largest absolute Gasteiger partial charge is 0.347 e. The van der Waals surface area contributed by atoms with Gasteiger partial charge in [-0.25, -0.2) is 17.5 Å². The molecule has 0 aliphatic carbocycles. The Labute approximate surface area is 152 Å². The van der Waals surface area contributed by atoms with E-state index >= 15 is 0 Å². The maximum Gasteiger partial charge on any atom is 0.270 e. The molecule has 2 atom stereocenters. The number of aryl methyl sites for hydroxylation is 1. The second-order valence-corrected chi connectivity index (χ2v) is 8.35. The van der Waals surface area contributed by atoms with Gasteiger partial charge >= 0.3 is 0 Å². The summed E-state index contributed by atoms with van der Waals surface area (Å²) < 4.78 is 42.7. The topological polar surface area (TPSA) is 71.4 Å². The van der Waals surface area contributed by atoms with Crippen LogP contribution in [-0.4, -0.2) is 49.1 Å². The number of halogens is 1. The molecule has 2 aromatic rings. The molecule has 0 spiro atoms. The summed E-state index contributed by atoms with van der Waals surface area (Å²) in [6, 6.07) is 11.7. The van der Waals surface area contributed by atoms with Crippen molar-refractivity contribution in [3.05, 3.63) is 59.9 Å². The molecule has 6 nitrogen and oxygen atoms in total. The number of carbonyl (C=O) groups is 1. The number of aromatic nitrogens is 1. The summed E-state index contributed by atoms with van der Waals surface area (Å²) in [7, 11) is -1.82. The average molecular weight is 379 g/mol. The van der Waals surface area contributed by atoms with Gasteiger partial charge in [0.05, 0.1) is 12.3 Å². The van der Waals surface area contributed by atoms with Crippen molar-refractivity contribution in [1.82, 2.24) is 14.2 Å². The monoisotopic (exact) mass is 379 g/mol. The number of hydrogen-bond acceptors (Lipinski definition) is 3. The molecule has 26 heavy (non-hydrogen) atoms. The Bertz CT molecular complexity index is 867. The van der Waals surface area contributed by atoms with Crippen molar-refractivity contribution in [2.24, 2.45) is 7.05 Å². The summed E-state index contributed by atoms with van der Waals surface area (Å²) in [6.07, 6.45) is 0.723. The number of carbonyl (C=O) groups excluding carboxylic acids is 1. The molecule has 8 heteroatoms. The molecular weight excluding hydrogens is 357 g/mol. The molecule has 1 aliphatic rings. The van der Waals surface area contributed by atoms with Crippen LogP contribution in [0.5, 0.6) is 0 Å². The lowest BCUT2D eigenvalue weighted by Crippen LogP contribution is -2.43. The van der Waals surface area contributed by atoms with Crippen LogP contribution in [0.1, 0.15) is 22.5 Å². The Morgan fingerprint density at radius 1 is 1.23 bits per heavy atom. The zero-order valence-electron chi connectivity index (χ0n) is 14.5. The summed E-state index contributed by atoms with van der Waals surface area (Å²) in [5.41, 5.74) is 1.13. The number of hydrogen-bond donors (Lipinski definition) is 1. The van der Waals surface area contributed by atoms with E-state index in [-0.39, 0.29) is 31.2 Å². The first-order valence-electron chi connectivity index (χ1n) is 8.43. The standard InChI is InChI=1S/C18H22FN3O3S/c1-21-9-5-8-17(21)18(23)22-12-15(19)10-16(22)11-20-26(24,25)13-14-6-3-2-4-7-14/h2-9,15-16,20H,10-13H2,1H3. The second kappa shape index (κ2) is 7.59. The molecule has 0 bridgehead atoms. The quantitative estimate of drug-likeness (QED) is 0.830. The fraction of sp³-hybridized carbons (Fsp3) is 0.389. The lowest BCUT2D eigenvalue weighted by Gasteiger charge is -2.24. The summed E-state index contributed by atoms with van der Waals surface area (Å²) in [5.74, 6) is -0.435. The molecule has 1 N–H and O–H groups in total. The van der Waals surface area contributed by atoms with Gasteiger partial charge in [-0.05, 0) is 17.7 Å². The van der Waals surface area contributed by atoms with Gasteiger partial charge in [0, 0.05) is 32.3 Å². The average Bonchev–Trinajstić information content (AvgIpc) is 3.18. The van der Waals surface area contributed by atoms with Crippen LogP contribution in [0.4, 0.5) is 4.39 Å². The second-order valence-electron chi connectivity index (χ2n) is 6.54. The Hall–Kier alpha value is -2.19. The molecule has 0 saturated carbocycles. The Morgan fingerprint density at radius 2 is 1.96 bits per heavy atom. The predicted octanol–water partition coefficient (Wildman–Crippen LogP) is 1.70. The minimum Gasteiger partial charge on any atom is -0.347 e. The van der Waals surface area contributed by atoms with Crippen LogP contribution in [-0.2, 0) is 22.8 Å². The van der Waals surface area contributed by atoms with Crippen molar-refractivity contribution in [3.63, 3.8) is 0 Å². The van der Waals surface area contributed by atoms with Gasteiger partial charge in [-0.1, -0.05) is 30.3 Å². The molecular formula is C18H22FN3O3S. The summed E-state index contributed by atoms with van der Waals surface area (Å²) >= 11 is 0. The minimum atomic E-state index is -3.57. The molecule has 1 aromatic carbocycles. The van der Waals surface area contributed by atoms with E-state index in [9.17, 15) is 17.6 Å². The zero-order valence-corrected chi connectivity index (χ0v) is 15.3. The first kappa shape index (κ1) is 18.6. The van der Waals surface area contributed by atoms with Crippen LogP contribution >= 0.6 is 0 Å². The highest BCUT2D eigenvalue weighted by Crippen LogP contribution is 2.22. The van der Waals surface area contributed by atoms with Gasteiger partial charge in [0.1, 0.15) is 11.9 Å². The predicted molar refractivity (Wildman–Crippen MR) is 96.8 cm³/mol. The molecule has 1 fully saturated rings. The first-order valence-corrected chi connectivity index (χ1v) is 10.1. The summed E-state index contributed by atoms with van der Waals surface area (Å²) in [6.45, 7) is -0.0131. The van der Waals surface area contributed by atoms with Gasteiger partial charge in [-0.3, -0.25) is 4.79 Å².